The van der Waals surface area contributed by atoms with Crippen molar-refractivity contribution in [3.8, 4) is 17.8 Å². The molecule has 1 unspecified atom stereocenters. The van der Waals surface area contributed by atoms with E-state index < -0.39 is 17.4 Å². The largest absolute Gasteiger partial charge is 0.382 e. The summed E-state index contributed by atoms with van der Waals surface area (Å²) in [6, 6.07) is 12.3. The number of nitrogens with one attached hydrogen (secondary N) is 1. The molecule has 2 aromatic heterocycles. The van der Waals surface area contributed by atoms with E-state index in [9.17, 15) is 19.7 Å². The van der Waals surface area contributed by atoms with Crippen molar-refractivity contribution in [3.05, 3.63) is 75.1 Å². The van der Waals surface area contributed by atoms with Crippen LogP contribution in [0.1, 0.15) is 41.4 Å². The summed E-state index contributed by atoms with van der Waals surface area (Å²) in [5.41, 5.74) is 12.7. The number of nitrogen functional groups attached to an aromatic ring is 2. The third-order valence-electron chi connectivity index (χ3n) is 6.13. The van der Waals surface area contributed by atoms with Crippen LogP contribution in [-0.2, 0) is 0 Å². The van der Waals surface area contributed by atoms with E-state index in [2.05, 4.69) is 15.3 Å². The number of anilines is 3. The van der Waals surface area contributed by atoms with Gasteiger partial charge in [-0.25, -0.2) is 9.37 Å². The molecule has 0 saturated heterocycles. The van der Waals surface area contributed by atoms with Gasteiger partial charge in [0.05, 0.1) is 34.3 Å². The lowest BCUT2D eigenvalue weighted by atomic mass is 10.1. The monoisotopic (exact) mass is 481 g/mol. The van der Waals surface area contributed by atoms with Gasteiger partial charge in [-0.1, -0.05) is 12.1 Å². The molecule has 2 heterocycles. The SMILES string of the molecule is Cc1cccc2nc(C(Nc3nc(N)nc(N)c3C#N)C3CC3)n(-c3cc(F)cc(C#N)c3)c(=O)c12. The molecule has 178 valence electrons. The van der Waals surface area contributed by atoms with Crippen LogP contribution in [0.5, 0.6) is 0 Å². The molecule has 1 fully saturated rings. The molecule has 5 N–H and O–H groups in total. The fraction of sp³-hybridized carbons (Fsp3) is 0.200. The van der Waals surface area contributed by atoms with E-state index in [-0.39, 0.29) is 46.1 Å². The minimum atomic E-state index is -0.661. The summed E-state index contributed by atoms with van der Waals surface area (Å²) in [6.07, 6.45) is 1.65. The number of fused-ring (bicyclic) bond motifs is 1. The summed E-state index contributed by atoms with van der Waals surface area (Å²) in [5.74, 6) is -0.419. The summed E-state index contributed by atoms with van der Waals surface area (Å²) in [6.45, 7) is 1.80. The molecule has 0 amide bonds. The minimum Gasteiger partial charge on any atom is -0.382 e. The molecule has 1 atom stereocenters. The lowest BCUT2D eigenvalue weighted by Gasteiger charge is -2.24. The number of benzene rings is 2. The van der Waals surface area contributed by atoms with Gasteiger partial charge in [-0.05, 0) is 55.5 Å². The lowest BCUT2D eigenvalue weighted by Crippen LogP contribution is -2.30. The number of hydrogen-bond donors (Lipinski definition) is 3. The average molecular weight is 481 g/mol. The summed E-state index contributed by atoms with van der Waals surface area (Å²) in [4.78, 5) is 26.7. The van der Waals surface area contributed by atoms with Gasteiger partial charge in [0, 0.05) is 0 Å². The van der Waals surface area contributed by atoms with Crippen molar-refractivity contribution < 1.29 is 4.39 Å². The quantitative estimate of drug-likeness (QED) is 0.387. The standard InChI is InChI=1S/C25H20FN9O/c1-12-3-2-4-18-19(12)24(36)35(16-8-13(10-27)7-15(26)9-16)23(31-18)20(14-5-6-14)32-22-17(11-28)21(29)33-25(30)34-22/h2-4,7-9,14,20H,5-6H2,1H3,(H5,29,30,32,33,34). The topological polar surface area (TPSA) is 172 Å². The van der Waals surface area contributed by atoms with Crippen LogP contribution in [0.25, 0.3) is 16.6 Å². The summed E-state index contributed by atoms with van der Waals surface area (Å²) < 4.78 is 15.8. The molecule has 1 aliphatic rings. The van der Waals surface area contributed by atoms with Crippen molar-refractivity contribution in [2.45, 2.75) is 25.8 Å². The van der Waals surface area contributed by atoms with Crippen LogP contribution in [0.15, 0.2) is 41.2 Å². The summed E-state index contributed by atoms with van der Waals surface area (Å²) in [7, 11) is 0. The van der Waals surface area contributed by atoms with Crippen molar-refractivity contribution in [1.29, 1.82) is 10.5 Å². The van der Waals surface area contributed by atoms with Crippen molar-refractivity contribution in [1.82, 2.24) is 19.5 Å². The van der Waals surface area contributed by atoms with E-state index in [1.807, 2.05) is 12.1 Å². The van der Waals surface area contributed by atoms with Crippen LogP contribution < -0.4 is 22.3 Å². The van der Waals surface area contributed by atoms with Gasteiger partial charge in [0.25, 0.3) is 5.56 Å². The smallest absolute Gasteiger partial charge is 0.266 e. The number of aromatic nitrogens is 4. The zero-order valence-electron chi connectivity index (χ0n) is 19.2. The van der Waals surface area contributed by atoms with Crippen LogP contribution in [0, 0.1) is 41.3 Å². The normalized spacial score (nSPS) is 13.7. The third kappa shape index (κ3) is 3.93. The maximum absolute atomic E-state index is 14.5. The predicted molar refractivity (Wildman–Crippen MR) is 131 cm³/mol. The maximum Gasteiger partial charge on any atom is 0.266 e. The third-order valence-corrected chi connectivity index (χ3v) is 6.13. The molecule has 4 aromatic rings. The second-order valence-corrected chi connectivity index (χ2v) is 8.65. The van der Waals surface area contributed by atoms with E-state index in [0.717, 1.165) is 18.9 Å². The Morgan fingerprint density at radius 3 is 2.61 bits per heavy atom. The zero-order valence-corrected chi connectivity index (χ0v) is 19.2. The molecule has 0 radical (unpaired) electrons. The van der Waals surface area contributed by atoms with Gasteiger partial charge in [0.15, 0.2) is 5.82 Å². The number of nitrogens with zero attached hydrogens (tertiary/aromatic N) is 6. The molecule has 1 aliphatic carbocycles. The Labute approximate surface area is 204 Å². The molecular formula is C25H20FN9O. The number of nitriles is 2. The molecule has 0 bridgehead atoms. The first kappa shape index (κ1) is 22.7. The molecule has 5 rings (SSSR count). The first-order valence-electron chi connectivity index (χ1n) is 11.1. The first-order chi connectivity index (χ1) is 17.3. The maximum atomic E-state index is 14.5. The molecule has 2 aromatic carbocycles. The highest BCUT2D eigenvalue weighted by molar-refractivity contribution is 5.81. The Kier molecular flexibility index (Phi) is 5.46. The van der Waals surface area contributed by atoms with Crippen LogP contribution in [0.3, 0.4) is 0 Å². The van der Waals surface area contributed by atoms with Crippen LogP contribution in [-0.4, -0.2) is 19.5 Å². The van der Waals surface area contributed by atoms with Gasteiger partial charge in [-0.3, -0.25) is 9.36 Å². The molecule has 0 aliphatic heterocycles. The Morgan fingerprint density at radius 1 is 1.14 bits per heavy atom. The van der Waals surface area contributed by atoms with Gasteiger partial charge in [-0.15, -0.1) is 0 Å². The Balaban J connectivity index is 1.80. The number of nitrogens with two attached hydrogens (primary N) is 2. The molecule has 36 heavy (non-hydrogen) atoms. The van der Waals surface area contributed by atoms with Crippen molar-refractivity contribution in [2.24, 2.45) is 5.92 Å². The fourth-order valence-corrected chi connectivity index (χ4v) is 4.32. The van der Waals surface area contributed by atoms with E-state index in [4.69, 9.17) is 16.5 Å². The highest BCUT2D eigenvalue weighted by Gasteiger charge is 2.37. The van der Waals surface area contributed by atoms with E-state index in [1.54, 1.807) is 25.1 Å². The zero-order chi connectivity index (χ0) is 25.6. The fourth-order valence-electron chi connectivity index (χ4n) is 4.32. The molecule has 11 heteroatoms. The summed E-state index contributed by atoms with van der Waals surface area (Å²) >= 11 is 0. The minimum absolute atomic E-state index is 0.0119. The highest BCUT2D eigenvalue weighted by atomic mass is 19.1. The van der Waals surface area contributed by atoms with Gasteiger partial charge in [-0.2, -0.15) is 20.5 Å². The van der Waals surface area contributed by atoms with Gasteiger partial charge >= 0.3 is 0 Å². The highest BCUT2D eigenvalue weighted by Crippen LogP contribution is 2.43. The van der Waals surface area contributed by atoms with Crippen LogP contribution in [0.4, 0.5) is 22.0 Å². The second kappa shape index (κ2) is 8.64. The number of halogens is 1. The Morgan fingerprint density at radius 2 is 1.92 bits per heavy atom. The number of rotatable bonds is 5. The Bertz CT molecular complexity index is 1680. The molecular weight excluding hydrogens is 461 g/mol. The van der Waals surface area contributed by atoms with Crippen molar-refractivity contribution in [3.63, 3.8) is 0 Å². The predicted octanol–water partition coefficient (Wildman–Crippen LogP) is 3.09. The molecule has 10 nitrogen and oxygen atoms in total. The summed E-state index contributed by atoms with van der Waals surface area (Å²) in [5, 5.41) is 22.6. The van der Waals surface area contributed by atoms with Gasteiger partial charge in [0.1, 0.15) is 29.1 Å². The number of aryl methyl sites for hydroxylation is 1. The number of hydrogen-bond acceptors (Lipinski definition) is 9. The first-order valence-corrected chi connectivity index (χ1v) is 11.1. The van der Waals surface area contributed by atoms with Gasteiger partial charge in [0.2, 0.25) is 5.95 Å². The average Bonchev–Trinajstić information content (AvgIpc) is 3.67. The molecule has 0 spiro atoms. The van der Waals surface area contributed by atoms with E-state index in [1.165, 1.54) is 16.7 Å². The van der Waals surface area contributed by atoms with Crippen LogP contribution in [0.2, 0.25) is 0 Å². The van der Waals surface area contributed by atoms with E-state index in [0.29, 0.717) is 16.5 Å². The van der Waals surface area contributed by atoms with Gasteiger partial charge < -0.3 is 16.8 Å². The van der Waals surface area contributed by atoms with Crippen molar-refractivity contribution >= 4 is 28.5 Å². The van der Waals surface area contributed by atoms with E-state index >= 15 is 0 Å². The second-order valence-electron chi connectivity index (χ2n) is 8.65. The molecule has 1 saturated carbocycles. The Hall–Kier alpha value is -5.03. The van der Waals surface area contributed by atoms with Crippen molar-refractivity contribution in [2.75, 3.05) is 16.8 Å². The lowest BCUT2D eigenvalue weighted by molar-refractivity contribution is 0.602. The van der Waals surface area contributed by atoms with Crippen LogP contribution >= 0.6 is 0 Å².